The van der Waals surface area contributed by atoms with E-state index in [2.05, 4.69) is 5.10 Å². The molecule has 1 aromatic carbocycles. The van der Waals surface area contributed by atoms with E-state index in [4.69, 9.17) is 5.11 Å². The van der Waals surface area contributed by atoms with Crippen LogP contribution in [0, 0.1) is 6.92 Å². The van der Waals surface area contributed by atoms with E-state index < -0.39 is 5.97 Å². The fourth-order valence-electron chi connectivity index (χ4n) is 1.46. The number of benzene rings is 1. The van der Waals surface area contributed by atoms with Crippen molar-refractivity contribution in [3.8, 4) is 11.4 Å². The summed E-state index contributed by atoms with van der Waals surface area (Å²) in [6, 6.07) is 9.04. The minimum atomic E-state index is -1.24. The van der Waals surface area contributed by atoms with Crippen molar-refractivity contribution < 1.29 is 15.0 Å². The smallest absolute Gasteiger partial charge is 0.360 e. The standard InChI is InChI=1S/C11H10N2O3/c1-7-10(14)9(11(15)16)12-13(7)8-5-3-2-4-6-8/h2-6,14H,1H3,(H,15,16). The first-order chi connectivity index (χ1) is 7.61. The topological polar surface area (TPSA) is 75.3 Å². The van der Waals surface area contributed by atoms with Crippen molar-refractivity contribution in [3.05, 3.63) is 41.7 Å². The quantitative estimate of drug-likeness (QED) is 0.802. The van der Waals surface area contributed by atoms with Crippen molar-refractivity contribution in [3.63, 3.8) is 0 Å². The SMILES string of the molecule is Cc1c(O)c(C(=O)O)nn1-c1ccccc1. The summed E-state index contributed by atoms with van der Waals surface area (Å²) in [5.41, 5.74) is 0.785. The second kappa shape index (κ2) is 3.69. The number of carboxylic acid groups (broad SMARTS) is 1. The maximum Gasteiger partial charge on any atom is 0.360 e. The lowest BCUT2D eigenvalue weighted by atomic mass is 10.3. The lowest BCUT2D eigenvalue weighted by Gasteiger charge is -2.02. The molecule has 0 fully saturated rings. The molecule has 0 saturated carbocycles. The minimum Gasteiger partial charge on any atom is -0.504 e. The highest BCUT2D eigenvalue weighted by Crippen LogP contribution is 2.23. The maximum atomic E-state index is 10.8. The molecule has 16 heavy (non-hydrogen) atoms. The van der Waals surface area contributed by atoms with Crippen LogP contribution in [0.25, 0.3) is 5.69 Å². The molecule has 2 N–H and O–H groups in total. The molecule has 0 bridgehead atoms. The third-order valence-electron chi connectivity index (χ3n) is 2.29. The molecule has 5 heteroatoms. The predicted molar refractivity (Wildman–Crippen MR) is 56.9 cm³/mol. The fraction of sp³-hybridized carbons (Fsp3) is 0.0909. The molecule has 0 aliphatic carbocycles. The van der Waals surface area contributed by atoms with Gasteiger partial charge in [0, 0.05) is 0 Å². The third-order valence-corrected chi connectivity index (χ3v) is 2.29. The van der Waals surface area contributed by atoms with Gasteiger partial charge >= 0.3 is 5.97 Å². The summed E-state index contributed by atoms with van der Waals surface area (Å²) in [7, 11) is 0. The summed E-state index contributed by atoms with van der Waals surface area (Å²) in [5.74, 6) is -1.54. The maximum absolute atomic E-state index is 10.8. The van der Waals surface area contributed by atoms with Gasteiger partial charge in [-0.25, -0.2) is 9.48 Å². The van der Waals surface area contributed by atoms with E-state index in [-0.39, 0.29) is 11.4 Å². The Labute approximate surface area is 91.6 Å². The largest absolute Gasteiger partial charge is 0.504 e. The van der Waals surface area contributed by atoms with Gasteiger partial charge in [-0.3, -0.25) is 0 Å². The fourth-order valence-corrected chi connectivity index (χ4v) is 1.46. The molecule has 0 saturated heterocycles. The van der Waals surface area contributed by atoms with Gasteiger partial charge < -0.3 is 10.2 Å². The molecule has 0 atom stereocenters. The van der Waals surface area contributed by atoms with Gasteiger partial charge in [-0.05, 0) is 19.1 Å². The Hall–Kier alpha value is -2.30. The number of hydrogen-bond acceptors (Lipinski definition) is 3. The number of carbonyl (C=O) groups is 1. The van der Waals surface area contributed by atoms with E-state index in [1.807, 2.05) is 18.2 Å². The second-order valence-corrected chi connectivity index (χ2v) is 3.34. The molecule has 0 aliphatic rings. The second-order valence-electron chi connectivity index (χ2n) is 3.34. The number of nitrogens with zero attached hydrogens (tertiary/aromatic N) is 2. The molecule has 0 spiro atoms. The van der Waals surface area contributed by atoms with Crippen LogP contribution >= 0.6 is 0 Å². The van der Waals surface area contributed by atoms with Gasteiger partial charge in [0.25, 0.3) is 0 Å². The average molecular weight is 218 g/mol. The van der Waals surface area contributed by atoms with E-state index in [1.54, 1.807) is 19.1 Å². The summed E-state index contributed by atoms with van der Waals surface area (Å²) < 4.78 is 1.40. The Morgan fingerprint density at radius 2 is 1.94 bits per heavy atom. The predicted octanol–water partition coefficient (Wildman–Crippen LogP) is 1.58. The van der Waals surface area contributed by atoms with E-state index in [9.17, 15) is 9.90 Å². The van der Waals surface area contributed by atoms with Crippen LogP contribution in [0.5, 0.6) is 5.75 Å². The first kappa shape index (κ1) is 10.2. The van der Waals surface area contributed by atoms with Crippen LogP contribution in [0.3, 0.4) is 0 Å². The molecule has 2 rings (SSSR count). The lowest BCUT2D eigenvalue weighted by molar-refractivity contribution is 0.0687. The zero-order valence-electron chi connectivity index (χ0n) is 8.58. The van der Waals surface area contributed by atoms with Gasteiger partial charge in [0.05, 0.1) is 11.4 Å². The Kier molecular flexibility index (Phi) is 2.36. The van der Waals surface area contributed by atoms with Crippen LogP contribution < -0.4 is 0 Å². The molecule has 1 heterocycles. The van der Waals surface area contributed by atoms with Gasteiger partial charge in [-0.2, -0.15) is 5.10 Å². The van der Waals surface area contributed by atoms with E-state index in [1.165, 1.54) is 4.68 Å². The summed E-state index contributed by atoms with van der Waals surface area (Å²) >= 11 is 0. The zero-order valence-corrected chi connectivity index (χ0v) is 8.58. The van der Waals surface area contributed by atoms with E-state index in [0.29, 0.717) is 11.4 Å². The highest BCUT2D eigenvalue weighted by molar-refractivity contribution is 5.88. The van der Waals surface area contributed by atoms with E-state index >= 15 is 0 Å². The number of rotatable bonds is 2. The number of hydrogen-bond donors (Lipinski definition) is 2. The number of aromatic hydroxyl groups is 1. The molecule has 5 nitrogen and oxygen atoms in total. The normalized spacial score (nSPS) is 10.3. The number of carboxylic acids is 1. The van der Waals surface area contributed by atoms with Crippen LogP contribution in [0.15, 0.2) is 30.3 Å². The van der Waals surface area contributed by atoms with Gasteiger partial charge in [0.2, 0.25) is 5.69 Å². The molecule has 0 aliphatic heterocycles. The van der Waals surface area contributed by atoms with Crippen molar-refractivity contribution in [1.29, 1.82) is 0 Å². The summed E-state index contributed by atoms with van der Waals surface area (Å²) in [4.78, 5) is 10.8. The number of aromatic carboxylic acids is 1. The highest BCUT2D eigenvalue weighted by atomic mass is 16.4. The Morgan fingerprint density at radius 1 is 1.31 bits per heavy atom. The van der Waals surface area contributed by atoms with Crippen LogP contribution in [0.4, 0.5) is 0 Å². The van der Waals surface area contributed by atoms with Crippen LogP contribution in [-0.2, 0) is 0 Å². The van der Waals surface area contributed by atoms with Crippen molar-refractivity contribution in [2.75, 3.05) is 0 Å². The average Bonchev–Trinajstić information content (AvgIpc) is 2.58. The van der Waals surface area contributed by atoms with Gasteiger partial charge in [-0.1, -0.05) is 18.2 Å². The molecule has 0 amide bonds. The van der Waals surface area contributed by atoms with E-state index in [0.717, 1.165) is 0 Å². The first-order valence-electron chi connectivity index (χ1n) is 4.68. The Balaban J connectivity index is 2.60. The highest BCUT2D eigenvalue weighted by Gasteiger charge is 2.19. The Bertz CT molecular complexity index is 532. The van der Waals surface area contributed by atoms with Crippen molar-refractivity contribution >= 4 is 5.97 Å². The number of para-hydroxylation sites is 1. The van der Waals surface area contributed by atoms with Crippen molar-refractivity contribution in [2.24, 2.45) is 0 Å². The molecule has 2 aromatic rings. The Morgan fingerprint density at radius 3 is 2.44 bits per heavy atom. The van der Waals surface area contributed by atoms with Gasteiger partial charge in [0.15, 0.2) is 5.75 Å². The third kappa shape index (κ3) is 1.52. The molecule has 1 aromatic heterocycles. The molecule has 82 valence electrons. The lowest BCUT2D eigenvalue weighted by Crippen LogP contribution is -2.01. The van der Waals surface area contributed by atoms with Crippen LogP contribution in [-0.4, -0.2) is 26.0 Å². The summed E-state index contributed by atoms with van der Waals surface area (Å²) in [6.07, 6.45) is 0. The van der Waals surface area contributed by atoms with Crippen LogP contribution in [0.1, 0.15) is 16.2 Å². The van der Waals surface area contributed by atoms with Gasteiger partial charge in [-0.15, -0.1) is 0 Å². The molecular formula is C11H10N2O3. The first-order valence-corrected chi connectivity index (χ1v) is 4.68. The molecule has 0 radical (unpaired) electrons. The zero-order chi connectivity index (χ0) is 11.7. The molecule has 0 unspecified atom stereocenters. The van der Waals surface area contributed by atoms with Crippen molar-refractivity contribution in [1.82, 2.24) is 9.78 Å². The van der Waals surface area contributed by atoms with Crippen LogP contribution in [0.2, 0.25) is 0 Å². The summed E-state index contributed by atoms with van der Waals surface area (Å²) in [5, 5.41) is 22.2. The number of aromatic nitrogens is 2. The van der Waals surface area contributed by atoms with Gasteiger partial charge in [0.1, 0.15) is 0 Å². The van der Waals surface area contributed by atoms with Crippen molar-refractivity contribution in [2.45, 2.75) is 6.92 Å². The minimum absolute atomic E-state index is 0.295. The molecular weight excluding hydrogens is 208 g/mol. The monoisotopic (exact) mass is 218 g/mol. The summed E-state index contributed by atoms with van der Waals surface area (Å²) in [6.45, 7) is 1.61.